The Balaban J connectivity index is 1.44. The summed E-state index contributed by atoms with van der Waals surface area (Å²) in [6, 6.07) is 9.45. The van der Waals surface area contributed by atoms with Gasteiger partial charge in [0, 0.05) is 30.6 Å². The predicted octanol–water partition coefficient (Wildman–Crippen LogP) is 4.47. The largest absolute Gasteiger partial charge is 0.444 e. The number of fused-ring (bicyclic) bond motifs is 1. The van der Waals surface area contributed by atoms with Crippen LogP contribution in [0.25, 0.3) is 28.5 Å². The van der Waals surface area contributed by atoms with Crippen molar-refractivity contribution in [1.82, 2.24) is 29.6 Å². The summed E-state index contributed by atoms with van der Waals surface area (Å²) in [6.45, 7) is 10.5. The van der Waals surface area contributed by atoms with Gasteiger partial charge in [-0.1, -0.05) is 35.0 Å². The van der Waals surface area contributed by atoms with Crippen LogP contribution in [0.4, 0.5) is 4.79 Å². The van der Waals surface area contributed by atoms with Gasteiger partial charge < -0.3 is 19.1 Å². The van der Waals surface area contributed by atoms with Crippen molar-refractivity contribution in [2.45, 2.75) is 59.0 Å². The molecule has 0 saturated carbocycles. The van der Waals surface area contributed by atoms with E-state index in [4.69, 9.17) is 14.4 Å². The number of carbonyl (C=O) groups excluding carboxylic acids is 1. The summed E-state index contributed by atoms with van der Waals surface area (Å²) in [7, 11) is 0. The molecule has 0 aliphatic carbocycles. The second-order valence-corrected chi connectivity index (χ2v) is 10.3. The third kappa shape index (κ3) is 4.62. The van der Waals surface area contributed by atoms with Crippen molar-refractivity contribution >= 4 is 11.7 Å². The number of aromatic nitrogens is 5. The number of amides is 1. The molecular weight excluding hydrogens is 460 g/mol. The van der Waals surface area contributed by atoms with Gasteiger partial charge in [-0.2, -0.15) is 10.1 Å². The molecule has 0 unspecified atom stereocenters. The first kappa shape index (κ1) is 23.8. The lowest BCUT2D eigenvalue weighted by Gasteiger charge is -2.33. The highest BCUT2D eigenvalue weighted by molar-refractivity contribution is 5.75. The van der Waals surface area contributed by atoms with Crippen molar-refractivity contribution < 1.29 is 14.1 Å². The van der Waals surface area contributed by atoms with E-state index in [0.717, 1.165) is 16.8 Å². The van der Waals surface area contributed by atoms with Crippen LogP contribution in [0.5, 0.6) is 0 Å². The SMILES string of the molecule is Cc1ccc(-c2noc(-c3c(C)nn4c(C5CCN(C(=O)OC(C)(C)C)CC5)cc(=O)[nH]c34)n2)cc1. The van der Waals surface area contributed by atoms with Crippen LogP contribution < -0.4 is 5.56 Å². The summed E-state index contributed by atoms with van der Waals surface area (Å²) in [4.78, 5) is 34.3. The number of nitrogens with zero attached hydrogens (tertiary/aromatic N) is 5. The summed E-state index contributed by atoms with van der Waals surface area (Å²) >= 11 is 0. The molecule has 4 aromatic rings. The molecule has 0 atom stereocenters. The highest BCUT2D eigenvalue weighted by Crippen LogP contribution is 2.32. The van der Waals surface area contributed by atoms with Crippen LogP contribution in [0.3, 0.4) is 0 Å². The predicted molar refractivity (Wildman–Crippen MR) is 134 cm³/mol. The first-order valence-electron chi connectivity index (χ1n) is 12.1. The molecule has 1 amide bonds. The standard InChI is InChI=1S/C26H30N6O4/c1-15-6-8-18(9-7-15)22-28-24(36-30-22)21-16(2)29-32-19(14-20(33)27-23(21)32)17-10-12-31(13-11-17)25(34)35-26(3,4)5/h6-9,14,17H,10-13H2,1-5H3,(H,27,33). The molecule has 0 bridgehead atoms. The normalized spacial score (nSPS) is 15.0. The van der Waals surface area contributed by atoms with E-state index in [0.29, 0.717) is 54.6 Å². The molecular formula is C26H30N6O4. The number of ether oxygens (including phenoxy) is 1. The van der Waals surface area contributed by atoms with Crippen LogP contribution in [0, 0.1) is 13.8 Å². The highest BCUT2D eigenvalue weighted by atomic mass is 16.6. The number of likely N-dealkylation sites (tertiary alicyclic amines) is 1. The van der Waals surface area contributed by atoms with E-state index in [1.54, 1.807) is 15.5 Å². The Hall–Kier alpha value is -3.95. The fourth-order valence-electron chi connectivity index (χ4n) is 4.55. The molecule has 10 nitrogen and oxygen atoms in total. The minimum absolute atomic E-state index is 0.0615. The van der Waals surface area contributed by atoms with Gasteiger partial charge >= 0.3 is 6.09 Å². The Labute approximate surface area is 208 Å². The Bertz CT molecular complexity index is 1470. The van der Waals surface area contributed by atoms with Gasteiger partial charge in [0.2, 0.25) is 5.82 Å². The molecule has 0 radical (unpaired) electrons. The molecule has 1 aliphatic rings. The lowest BCUT2D eigenvalue weighted by atomic mass is 9.93. The lowest BCUT2D eigenvalue weighted by molar-refractivity contribution is 0.0203. The molecule has 3 aromatic heterocycles. The number of rotatable bonds is 3. The summed E-state index contributed by atoms with van der Waals surface area (Å²) in [5.74, 6) is 0.828. The van der Waals surface area contributed by atoms with Gasteiger partial charge in [0.15, 0.2) is 0 Å². The van der Waals surface area contributed by atoms with Crippen LogP contribution in [0.1, 0.15) is 56.5 Å². The van der Waals surface area contributed by atoms with Crippen LogP contribution in [-0.2, 0) is 4.74 Å². The Morgan fingerprint density at radius 2 is 1.83 bits per heavy atom. The van der Waals surface area contributed by atoms with Crippen LogP contribution in [0.2, 0.25) is 0 Å². The number of aromatic amines is 1. The zero-order valence-electron chi connectivity index (χ0n) is 21.2. The van der Waals surface area contributed by atoms with E-state index in [9.17, 15) is 9.59 Å². The fourth-order valence-corrected chi connectivity index (χ4v) is 4.55. The molecule has 1 aromatic carbocycles. The van der Waals surface area contributed by atoms with Gasteiger partial charge in [-0.3, -0.25) is 4.79 Å². The minimum Gasteiger partial charge on any atom is -0.444 e. The zero-order chi connectivity index (χ0) is 25.6. The molecule has 10 heteroatoms. The van der Waals surface area contributed by atoms with Crippen molar-refractivity contribution in [3.8, 4) is 22.8 Å². The van der Waals surface area contributed by atoms with Crippen LogP contribution in [-0.4, -0.2) is 54.4 Å². The fraction of sp³-hybridized carbons (Fsp3) is 0.423. The van der Waals surface area contributed by atoms with Crippen molar-refractivity contribution in [2.24, 2.45) is 0 Å². The van der Waals surface area contributed by atoms with Gasteiger partial charge in [0.25, 0.3) is 11.4 Å². The molecule has 0 spiro atoms. The molecule has 1 saturated heterocycles. The van der Waals surface area contributed by atoms with Crippen molar-refractivity contribution in [3.05, 3.63) is 57.6 Å². The average molecular weight is 491 g/mol. The number of hydrogen-bond donors (Lipinski definition) is 1. The molecule has 36 heavy (non-hydrogen) atoms. The van der Waals surface area contributed by atoms with E-state index >= 15 is 0 Å². The summed E-state index contributed by atoms with van der Waals surface area (Å²) < 4.78 is 12.9. The average Bonchev–Trinajstić information content (AvgIpc) is 3.42. The van der Waals surface area contributed by atoms with Crippen molar-refractivity contribution in [3.63, 3.8) is 0 Å². The number of piperidine rings is 1. The maximum absolute atomic E-state index is 12.7. The first-order valence-corrected chi connectivity index (χ1v) is 12.1. The van der Waals surface area contributed by atoms with E-state index in [1.807, 2.05) is 58.9 Å². The quantitative estimate of drug-likeness (QED) is 0.450. The number of carbonyl (C=O) groups is 1. The summed E-state index contributed by atoms with van der Waals surface area (Å²) in [6.07, 6.45) is 1.09. The third-order valence-electron chi connectivity index (χ3n) is 6.34. The maximum Gasteiger partial charge on any atom is 0.410 e. The highest BCUT2D eigenvalue weighted by Gasteiger charge is 2.30. The minimum atomic E-state index is -0.538. The molecule has 5 rings (SSSR count). The molecule has 1 fully saturated rings. The lowest BCUT2D eigenvalue weighted by Crippen LogP contribution is -2.41. The first-order chi connectivity index (χ1) is 17.1. The second kappa shape index (κ2) is 8.92. The second-order valence-electron chi connectivity index (χ2n) is 10.3. The van der Waals surface area contributed by atoms with Gasteiger partial charge in [0.05, 0.1) is 11.4 Å². The monoisotopic (exact) mass is 490 g/mol. The number of benzene rings is 1. The topological polar surface area (TPSA) is 119 Å². The maximum atomic E-state index is 12.7. The molecule has 1 aliphatic heterocycles. The van der Waals surface area contributed by atoms with Gasteiger partial charge in [-0.05, 0) is 47.5 Å². The molecule has 4 heterocycles. The third-order valence-corrected chi connectivity index (χ3v) is 6.34. The smallest absolute Gasteiger partial charge is 0.410 e. The summed E-state index contributed by atoms with van der Waals surface area (Å²) in [5.41, 5.74) is 3.80. The Morgan fingerprint density at radius 1 is 1.14 bits per heavy atom. The van der Waals surface area contributed by atoms with Gasteiger partial charge in [-0.25, -0.2) is 9.31 Å². The van der Waals surface area contributed by atoms with Crippen LogP contribution >= 0.6 is 0 Å². The number of aryl methyl sites for hydroxylation is 2. The van der Waals surface area contributed by atoms with E-state index in [1.165, 1.54) is 0 Å². The number of hydrogen-bond acceptors (Lipinski definition) is 7. The van der Waals surface area contributed by atoms with E-state index < -0.39 is 5.60 Å². The van der Waals surface area contributed by atoms with Crippen molar-refractivity contribution in [2.75, 3.05) is 13.1 Å². The van der Waals surface area contributed by atoms with Gasteiger partial charge in [0.1, 0.15) is 16.8 Å². The Kier molecular flexibility index (Phi) is 5.89. The zero-order valence-corrected chi connectivity index (χ0v) is 21.2. The number of nitrogens with one attached hydrogen (secondary N) is 1. The van der Waals surface area contributed by atoms with Crippen molar-refractivity contribution in [1.29, 1.82) is 0 Å². The van der Waals surface area contributed by atoms with E-state index in [-0.39, 0.29) is 17.6 Å². The van der Waals surface area contributed by atoms with Crippen LogP contribution in [0.15, 0.2) is 39.6 Å². The Morgan fingerprint density at radius 3 is 2.50 bits per heavy atom. The summed E-state index contributed by atoms with van der Waals surface area (Å²) in [5, 5.41) is 8.86. The number of H-pyrrole nitrogens is 1. The van der Waals surface area contributed by atoms with Gasteiger partial charge in [-0.15, -0.1) is 0 Å². The van der Waals surface area contributed by atoms with E-state index in [2.05, 4.69) is 15.1 Å². The molecule has 188 valence electrons. The molecule has 1 N–H and O–H groups in total.